The number of thioether (sulfide) groups is 1. The SMILES string of the molecule is CC(C)CCn1c(S[C@@H](C)C(=O)N2CCNC2=O)nc2cc(Cl)ccc2c1=O. The fourth-order valence-corrected chi connectivity index (χ4v) is 4.12. The van der Waals surface area contributed by atoms with Crippen molar-refractivity contribution in [3.05, 3.63) is 33.6 Å². The highest BCUT2D eigenvalue weighted by Crippen LogP contribution is 2.26. The quantitative estimate of drug-likeness (QED) is 0.571. The van der Waals surface area contributed by atoms with E-state index in [0.29, 0.717) is 46.6 Å². The molecule has 0 saturated carbocycles. The topological polar surface area (TPSA) is 84.3 Å². The van der Waals surface area contributed by atoms with Crippen LogP contribution in [0.4, 0.5) is 4.79 Å². The summed E-state index contributed by atoms with van der Waals surface area (Å²) in [6, 6.07) is 4.62. The van der Waals surface area contributed by atoms with Crippen LogP contribution >= 0.6 is 23.4 Å². The van der Waals surface area contributed by atoms with Crippen molar-refractivity contribution in [2.24, 2.45) is 5.92 Å². The van der Waals surface area contributed by atoms with Gasteiger partial charge < -0.3 is 5.32 Å². The predicted molar refractivity (Wildman–Crippen MR) is 111 cm³/mol. The van der Waals surface area contributed by atoms with Gasteiger partial charge in [0.25, 0.3) is 5.56 Å². The van der Waals surface area contributed by atoms with E-state index in [2.05, 4.69) is 24.1 Å². The average molecular weight is 423 g/mol. The molecule has 1 aliphatic heterocycles. The predicted octanol–water partition coefficient (Wildman–Crippen LogP) is 3.13. The Labute approximate surface area is 172 Å². The van der Waals surface area contributed by atoms with Gasteiger partial charge in [0.05, 0.1) is 16.2 Å². The number of hydrogen-bond donors (Lipinski definition) is 1. The Morgan fingerprint density at radius 3 is 2.71 bits per heavy atom. The first-order valence-electron chi connectivity index (χ1n) is 9.24. The van der Waals surface area contributed by atoms with Crippen LogP contribution in [-0.4, -0.2) is 44.7 Å². The van der Waals surface area contributed by atoms with Crippen LogP contribution in [0.3, 0.4) is 0 Å². The molecule has 2 aromatic rings. The second-order valence-corrected chi connectivity index (χ2v) is 8.92. The monoisotopic (exact) mass is 422 g/mol. The summed E-state index contributed by atoms with van der Waals surface area (Å²) in [7, 11) is 0. The van der Waals surface area contributed by atoms with Crippen molar-refractivity contribution in [2.45, 2.75) is 44.1 Å². The molecule has 0 bridgehead atoms. The Morgan fingerprint density at radius 2 is 2.07 bits per heavy atom. The number of benzene rings is 1. The average Bonchev–Trinajstić information content (AvgIpc) is 3.06. The fourth-order valence-electron chi connectivity index (χ4n) is 2.96. The number of rotatable bonds is 6. The van der Waals surface area contributed by atoms with Gasteiger partial charge in [-0.3, -0.25) is 19.1 Å². The van der Waals surface area contributed by atoms with Crippen molar-refractivity contribution in [3.8, 4) is 0 Å². The third kappa shape index (κ3) is 4.33. The molecule has 1 aliphatic rings. The minimum Gasteiger partial charge on any atom is -0.336 e. The molecular formula is C19H23ClN4O3S. The Kier molecular flexibility index (Phi) is 6.30. The molecule has 1 saturated heterocycles. The zero-order valence-electron chi connectivity index (χ0n) is 16.1. The van der Waals surface area contributed by atoms with Crippen LogP contribution in [0.5, 0.6) is 0 Å². The molecule has 1 atom stereocenters. The molecule has 0 unspecified atom stereocenters. The van der Waals surface area contributed by atoms with Crippen LogP contribution in [0, 0.1) is 5.92 Å². The van der Waals surface area contributed by atoms with Crippen LogP contribution in [0.2, 0.25) is 5.02 Å². The van der Waals surface area contributed by atoms with E-state index in [1.165, 1.54) is 16.7 Å². The molecule has 150 valence electrons. The first kappa shape index (κ1) is 20.7. The van der Waals surface area contributed by atoms with Gasteiger partial charge in [0.1, 0.15) is 0 Å². The molecule has 0 aliphatic carbocycles. The molecule has 3 amide bonds. The van der Waals surface area contributed by atoms with Crippen molar-refractivity contribution < 1.29 is 9.59 Å². The van der Waals surface area contributed by atoms with E-state index in [4.69, 9.17) is 11.6 Å². The summed E-state index contributed by atoms with van der Waals surface area (Å²) in [5.74, 6) is 0.119. The molecule has 3 rings (SSSR count). The summed E-state index contributed by atoms with van der Waals surface area (Å²) in [5.41, 5.74) is 0.350. The Morgan fingerprint density at radius 1 is 1.32 bits per heavy atom. The van der Waals surface area contributed by atoms with Crippen molar-refractivity contribution in [1.82, 2.24) is 19.8 Å². The summed E-state index contributed by atoms with van der Waals surface area (Å²) < 4.78 is 1.62. The standard InChI is InChI=1S/C19H23ClN4O3S/c1-11(2)6-8-24-17(26)14-5-4-13(20)10-15(14)22-19(24)28-12(3)16(25)23-9-7-21-18(23)27/h4-5,10-12H,6-9H2,1-3H3,(H,21,27)/t12-/m0/s1. The van der Waals surface area contributed by atoms with Gasteiger partial charge in [-0.1, -0.05) is 37.2 Å². The second-order valence-electron chi connectivity index (χ2n) is 7.18. The number of carbonyl (C=O) groups is 2. The summed E-state index contributed by atoms with van der Waals surface area (Å²) in [5, 5.41) is 3.52. The fraction of sp³-hybridized carbons (Fsp3) is 0.474. The van der Waals surface area contributed by atoms with Gasteiger partial charge in [0, 0.05) is 24.7 Å². The Hall–Kier alpha value is -2.06. The van der Waals surface area contributed by atoms with E-state index in [1.54, 1.807) is 29.7 Å². The molecule has 1 N–H and O–H groups in total. The summed E-state index contributed by atoms with van der Waals surface area (Å²) >= 11 is 7.25. The normalized spacial score (nSPS) is 15.3. The van der Waals surface area contributed by atoms with Gasteiger partial charge in [0.15, 0.2) is 5.16 Å². The van der Waals surface area contributed by atoms with Crippen LogP contribution in [0.1, 0.15) is 27.2 Å². The number of amides is 3. The first-order valence-corrected chi connectivity index (χ1v) is 10.5. The highest BCUT2D eigenvalue weighted by molar-refractivity contribution is 8.00. The highest BCUT2D eigenvalue weighted by atomic mass is 35.5. The van der Waals surface area contributed by atoms with Gasteiger partial charge in [-0.05, 0) is 37.5 Å². The molecule has 0 spiro atoms. The van der Waals surface area contributed by atoms with Crippen LogP contribution < -0.4 is 10.9 Å². The lowest BCUT2D eigenvalue weighted by molar-refractivity contribution is -0.126. The molecule has 1 aromatic carbocycles. The summed E-state index contributed by atoms with van der Waals surface area (Å²) in [6.45, 7) is 7.21. The molecule has 1 aromatic heterocycles. The highest BCUT2D eigenvalue weighted by Gasteiger charge is 2.31. The maximum Gasteiger partial charge on any atom is 0.324 e. The van der Waals surface area contributed by atoms with Gasteiger partial charge in [-0.2, -0.15) is 0 Å². The van der Waals surface area contributed by atoms with Crippen molar-refractivity contribution in [1.29, 1.82) is 0 Å². The van der Waals surface area contributed by atoms with Gasteiger partial charge in [-0.25, -0.2) is 9.78 Å². The number of nitrogens with one attached hydrogen (secondary N) is 1. The number of fused-ring (bicyclic) bond motifs is 1. The Balaban J connectivity index is 1.97. The third-order valence-electron chi connectivity index (χ3n) is 4.57. The van der Waals surface area contributed by atoms with Gasteiger partial charge in [-0.15, -0.1) is 0 Å². The molecule has 9 heteroatoms. The molecule has 28 heavy (non-hydrogen) atoms. The molecule has 0 radical (unpaired) electrons. The van der Waals surface area contributed by atoms with Gasteiger partial charge >= 0.3 is 6.03 Å². The van der Waals surface area contributed by atoms with Crippen molar-refractivity contribution in [3.63, 3.8) is 0 Å². The third-order valence-corrected chi connectivity index (χ3v) is 5.88. The van der Waals surface area contributed by atoms with E-state index in [9.17, 15) is 14.4 Å². The minimum absolute atomic E-state index is 0.150. The number of imide groups is 1. The summed E-state index contributed by atoms with van der Waals surface area (Å²) in [6.07, 6.45) is 0.811. The van der Waals surface area contributed by atoms with E-state index in [-0.39, 0.29) is 17.5 Å². The zero-order valence-corrected chi connectivity index (χ0v) is 17.6. The number of halogens is 1. The van der Waals surface area contributed by atoms with E-state index >= 15 is 0 Å². The number of carbonyl (C=O) groups excluding carboxylic acids is 2. The lowest BCUT2D eigenvalue weighted by Crippen LogP contribution is -2.39. The number of aromatic nitrogens is 2. The number of hydrogen-bond acceptors (Lipinski definition) is 5. The van der Waals surface area contributed by atoms with Crippen molar-refractivity contribution in [2.75, 3.05) is 13.1 Å². The van der Waals surface area contributed by atoms with E-state index in [1.807, 2.05) is 0 Å². The van der Waals surface area contributed by atoms with Crippen LogP contribution in [0.25, 0.3) is 10.9 Å². The maximum absolute atomic E-state index is 13.0. The van der Waals surface area contributed by atoms with Crippen LogP contribution in [0.15, 0.2) is 28.2 Å². The lowest BCUT2D eigenvalue weighted by Gasteiger charge is -2.19. The number of nitrogens with zero attached hydrogens (tertiary/aromatic N) is 3. The molecule has 1 fully saturated rings. The Bertz CT molecular complexity index is 976. The number of urea groups is 1. The molecular weight excluding hydrogens is 400 g/mol. The maximum atomic E-state index is 13.0. The second kappa shape index (κ2) is 8.53. The lowest BCUT2D eigenvalue weighted by atomic mass is 10.1. The summed E-state index contributed by atoms with van der Waals surface area (Å²) in [4.78, 5) is 43.3. The minimum atomic E-state index is -0.558. The smallest absolute Gasteiger partial charge is 0.324 e. The zero-order chi connectivity index (χ0) is 20.4. The largest absolute Gasteiger partial charge is 0.336 e. The molecule has 7 nitrogen and oxygen atoms in total. The molecule has 2 heterocycles. The van der Waals surface area contributed by atoms with Crippen molar-refractivity contribution >= 4 is 46.2 Å². The first-order chi connectivity index (χ1) is 13.3. The van der Waals surface area contributed by atoms with E-state index < -0.39 is 5.25 Å². The van der Waals surface area contributed by atoms with E-state index in [0.717, 1.165) is 6.42 Å². The van der Waals surface area contributed by atoms with Gasteiger partial charge in [0.2, 0.25) is 5.91 Å². The van der Waals surface area contributed by atoms with Crippen LogP contribution in [-0.2, 0) is 11.3 Å².